The van der Waals surface area contributed by atoms with Crippen molar-refractivity contribution < 1.29 is 13.2 Å². The summed E-state index contributed by atoms with van der Waals surface area (Å²) in [6.07, 6.45) is 8.69. The molecule has 1 fully saturated rings. The second-order valence-electron chi connectivity index (χ2n) is 8.83. The Morgan fingerprint density at radius 2 is 1.97 bits per heavy atom. The van der Waals surface area contributed by atoms with Gasteiger partial charge in [-0.05, 0) is 56.2 Å². The molecule has 0 aliphatic carbocycles. The average Bonchev–Trinajstić information content (AvgIpc) is 3.10. The van der Waals surface area contributed by atoms with Crippen molar-refractivity contribution in [2.45, 2.75) is 68.3 Å². The van der Waals surface area contributed by atoms with Gasteiger partial charge in [0, 0.05) is 32.0 Å². The second kappa shape index (κ2) is 11.0. The number of sulfonamides is 1. The predicted molar refractivity (Wildman–Crippen MR) is 130 cm³/mol. The lowest BCUT2D eigenvalue weighted by Crippen LogP contribution is -2.51. The number of likely N-dealkylation sites (tertiary alicyclic amines) is 1. The van der Waals surface area contributed by atoms with Crippen LogP contribution in [0, 0.1) is 0 Å². The molecule has 10 heteroatoms. The van der Waals surface area contributed by atoms with Gasteiger partial charge in [-0.15, -0.1) is 10.2 Å². The molecule has 0 spiro atoms. The van der Waals surface area contributed by atoms with Crippen molar-refractivity contribution in [1.29, 1.82) is 0 Å². The largest absolute Gasteiger partial charge is 0.341 e. The molecule has 33 heavy (non-hydrogen) atoms. The van der Waals surface area contributed by atoms with E-state index in [2.05, 4.69) is 19.5 Å². The van der Waals surface area contributed by atoms with Crippen LogP contribution < -0.4 is 4.72 Å². The molecule has 1 N–H and O–H groups in total. The first kappa shape index (κ1) is 24.2. The molecule has 8 nitrogen and oxygen atoms in total. The molecule has 0 saturated carbocycles. The van der Waals surface area contributed by atoms with Gasteiger partial charge in [-0.1, -0.05) is 24.6 Å². The van der Waals surface area contributed by atoms with Gasteiger partial charge >= 0.3 is 0 Å². The van der Waals surface area contributed by atoms with Gasteiger partial charge in [-0.3, -0.25) is 4.79 Å². The number of piperidine rings is 1. The van der Waals surface area contributed by atoms with E-state index in [-0.39, 0.29) is 16.7 Å². The van der Waals surface area contributed by atoms with E-state index in [1.807, 2.05) is 11.2 Å². The number of aromatic nitrogens is 3. The molecule has 3 heterocycles. The maximum absolute atomic E-state index is 13.5. The zero-order valence-electron chi connectivity index (χ0n) is 19.1. The molecule has 2 aromatic rings. The molecular formula is C23H33N5O3S2. The Morgan fingerprint density at radius 3 is 2.76 bits per heavy atom. The first-order valence-corrected chi connectivity index (χ1v) is 14.6. The maximum atomic E-state index is 13.5. The molecule has 2 aliphatic heterocycles. The number of fused-ring (bicyclic) bond motifs is 1. The number of rotatable bonds is 8. The number of thioether (sulfide) groups is 1. The minimum atomic E-state index is -3.78. The van der Waals surface area contributed by atoms with Crippen LogP contribution >= 0.6 is 11.8 Å². The summed E-state index contributed by atoms with van der Waals surface area (Å²) < 4.78 is 30.8. The number of benzene rings is 1. The highest BCUT2D eigenvalue weighted by molar-refractivity contribution is 7.98. The van der Waals surface area contributed by atoms with Crippen molar-refractivity contribution in [1.82, 2.24) is 24.4 Å². The van der Waals surface area contributed by atoms with Crippen molar-refractivity contribution in [3.05, 3.63) is 42.0 Å². The van der Waals surface area contributed by atoms with Crippen molar-refractivity contribution in [2.24, 2.45) is 0 Å². The maximum Gasteiger partial charge on any atom is 0.241 e. The Balaban J connectivity index is 1.50. The van der Waals surface area contributed by atoms with E-state index in [9.17, 15) is 13.2 Å². The molecule has 4 rings (SSSR count). The van der Waals surface area contributed by atoms with E-state index >= 15 is 0 Å². The summed E-state index contributed by atoms with van der Waals surface area (Å²) in [7, 11) is -3.78. The molecule has 2 aliphatic rings. The average molecular weight is 492 g/mol. The van der Waals surface area contributed by atoms with Gasteiger partial charge in [0.15, 0.2) is 0 Å². The van der Waals surface area contributed by atoms with E-state index in [1.165, 1.54) is 6.42 Å². The number of carbonyl (C=O) groups is 1. The van der Waals surface area contributed by atoms with Crippen molar-refractivity contribution in [3.63, 3.8) is 0 Å². The number of amides is 1. The number of nitrogens with zero attached hydrogens (tertiary/aromatic N) is 4. The Morgan fingerprint density at radius 1 is 1.15 bits per heavy atom. The fourth-order valence-corrected chi connectivity index (χ4v) is 6.46. The lowest BCUT2D eigenvalue weighted by Gasteiger charge is -2.35. The molecule has 2 atom stereocenters. The lowest BCUT2D eigenvalue weighted by atomic mass is 9.96. The Hall–Kier alpha value is -1.91. The number of carbonyl (C=O) groups excluding carboxylic acids is 1. The zero-order chi connectivity index (χ0) is 23.3. The summed E-state index contributed by atoms with van der Waals surface area (Å²) in [5.74, 6) is 2.72. The van der Waals surface area contributed by atoms with E-state index in [1.54, 1.807) is 42.1 Å². The molecule has 0 bridgehead atoms. The topological polar surface area (TPSA) is 97.2 Å². The molecule has 0 radical (unpaired) electrons. The summed E-state index contributed by atoms with van der Waals surface area (Å²) in [5.41, 5.74) is 0. The Bertz CT molecular complexity index is 1040. The van der Waals surface area contributed by atoms with Crippen LogP contribution in [0.2, 0.25) is 0 Å². The number of nitrogens with one attached hydrogen (secondary N) is 1. The monoisotopic (exact) mass is 491 g/mol. The van der Waals surface area contributed by atoms with Gasteiger partial charge in [0.05, 0.1) is 4.90 Å². The van der Waals surface area contributed by atoms with Crippen LogP contribution in [0.1, 0.15) is 56.1 Å². The highest BCUT2D eigenvalue weighted by atomic mass is 32.2. The first-order valence-electron chi connectivity index (χ1n) is 11.8. The van der Waals surface area contributed by atoms with Crippen LogP contribution in [0.15, 0.2) is 35.2 Å². The molecule has 1 amide bonds. The highest BCUT2D eigenvalue weighted by Crippen LogP contribution is 2.28. The van der Waals surface area contributed by atoms with Gasteiger partial charge in [-0.2, -0.15) is 16.5 Å². The first-order chi connectivity index (χ1) is 16.0. The second-order valence-corrected chi connectivity index (χ2v) is 11.5. The minimum Gasteiger partial charge on any atom is -0.341 e. The van der Waals surface area contributed by atoms with Crippen LogP contribution in [-0.4, -0.2) is 65.1 Å². The third kappa shape index (κ3) is 5.78. The number of aryl methyl sites for hydroxylation is 1. The van der Waals surface area contributed by atoms with E-state index in [0.717, 1.165) is 50.3 Å². The van der Waals surface area contributed by atoms with E-state index in [0.29, 0.717) is 25.3 Å². The molecular weight excluding hydrogens is 458 g/mol. The normalized spacial score (nSPS) is 20.2. The third-order valence-corrected chi connectivity index (χ3v) is 8.63. The smallest absolute Gasteiger partial charge is 0.241 e. The summed E-state index contributed by atoms with van der Waals surface area (Å²) in [6, 6.07) is 7.46. The van der Waals surface area contributed by atoms with Crippen molar-refractivity contribution >= 4 is 27.7 Å². The quantitative estimate of drug-likeness (QED) is 0.610. The molecule has 1 aromatic carbocycles. The molecule has 2 unspecified atom stereocenters. The van der Waals surface area contributed by atoms with Crippen molar-refractivity contribution in [3.8, 4) is 0 Å². The van der Waals surface area contributed by atoms with E-state index in [4.69, 9.17) is 0 Å². The van der Waals surface area contributed by atoms with Crippen LogP contribution in [0.25, 0.3) is 0 Å². The SMILES string of the molecule is CSCCC(NS(=O)(=O)c1ccccc1)C(=O)N1CCCC(c2nnc3n2CCCCC3)C1. The summed E-state index contributed by atoms with van der Waals surface area (Å²) >= 11 is 1.60. The Kier molecular flexibility index (Phi) is 8.08. The van der Waals surface area contributed by atoms with Gasteiger partial charge in [0.25, 0.3) is 0 Å². The van der Waals surface area contributed by atoms with Crippen LogP contribution in [0.4, 0.5) is 0 Å². The minimum absolute atomic E-state index is 0.133. The van der Waals surface area contributed by atoms with Gasteiger partial charge in [0.2, 0.25) is 15.9 Å². The fourth-order valence-electron chi connectivity index (χ4n) is 4.74. The standard InChI is InChI=1S/C23H33N5O3S2/c1-32-16-13-20(26-33(30,31)19-10-4-2-5-11-19)23(29)27-14-8-9-18(17-27)22-25-24-21-12-6-3-7-15-28(21)22/h2,4-5,10-11,18,20,26H,3,6-9,12-17H2,1H3. The summed E-state index contributed by atoms with van der Waals surface area (Å²) in [6.45, 7) is 2.13. The fraction of sp³-hybridized carbons (Fsp3) is 0.609. The molecule has 1 aromatic heterocycles. The van der Waals surface area contributed by atoms with Crippen molar-refractivity contribution in [2.75, 3.05) is 25.1 Å². The van der Waals surface area contributed by atoms with Crippen LogP contribution in [-0.2, 0) is 27.8 Å². The zero-order valence-corrected chi connectivity index (χ0v) is 20.8. The highest BCUT2D eigenvalue weighted by Gasteiger charge is 2.34. The third-order valence-electron chi connectivity index (χ3n) is 6.50. The molecule has 180 valence electrons. The van der Waals surface area contributed by atoms with E-state index < -0.39 is 16.1 Å². The molecule has 1 saturated heterocycles. The van der Waals surface area contributed by atoms with Gasteiger partial charge in [-0.25, -0.2) is 8.42 Å². The summed E-state index contributed by atoms with van der Waals surface area (Å²) in [4.78, 5) is 15.5. The van der Waals surface area contributed by atoms with Gasteiger partial charge < -0.3 is 9.47 Å². The number of hydrogen-bond donors (Lipinski definition) is 1. The van der Waals surface area contributed by atoms with Crippen LogP contribution in [0.5, 0.6) is 0 Å². The van der Waals surface area contributed by atoms with Crippen LogP contribution in [0.3, 0.4) is 0 Å². The predicted octanol–water partition coefficient (Wildman–Crippen LogP) is 2.81. The Labute approximate surface area is 200 Å². The lowest BCUT2D eigenvalue weighted by molar-refractivity contribution is -0.134. The number of hydrogen-bond acceptors (Lipinski definition) is 6. The summed E-state index contributed by atoms with van der Waals surface area (Å²) in [5, 5.41) is 8.95. The van der Waals surface area contributed by atoms with Gasteiger partial charge in [0.1, 0.15) is 17.7 Å².